The third-order valence-electron chi connectivity index (χ3n) is 2.42. The molecule has 15 heavy (non-hydrogen) atoms. The summed E-state index contributed by atoms with van der Waals surface area (Å²) in [6.07, 6.45) is 1.10. The Bertz CT molecular complexity index is 315. The van der Waals surface area contributed by atoms with Crippen LogP contribution in [0.4, 0.5) is 0 Å². The van der Waals surface area contributed by atoms with Gasteiger partial charge in [-0.15, -0.1) is 0 Å². The molecule has 0 aliphatic carbocycles. The van der Waals surface area contributed by atoms with E-state index in [9.17, 15) is 0 Å². The molecule has 0 saturated carbocycles. The van der Waals surface area contributed by atoms with Gasteiger partial charge >= 0.3 is 0 Å². The minimum atomic E-state index is 0.315. The van der Waals surface area contributed by atoms with Crippen molar-refractivity contribution in [3.8, 4) is 0 Å². The molecule has 0 fully saturated rings. The van der Waals surface area contributed by atoms with E-state index in [1.807, 2.05) is 25.2 Å². The zero-order valence-electron chi connectivity index (χ0n) is 9.97. The summed E-state index contributed by atoms with van der Waals surface area (Å²) >= 11 is 5.99. The Morgan fingerprint density at radius 1 is 1.33 bits per heavy atom. The van der Waals surface area contributed by atoms with Crippen LogP contribution in [0, 0.1) is 5.41 Å². The first kappa shape index (κ1) is 12.5. The van der Waals surface area contributed by atoms with Crippen LogP contribution in [-0.4, -0.2) is 7.05 Å². The van der Waals surface area contributed by atoms with E-state index < -0.39 is 0 Å². The predicted octanol–water partition coefficient (Wildman–Crippen LogP) is 4.04. The molecule has 0 saturated heterocycles. The Labute approximate surface area is 97.8 Å². The standard InChI is InChI=1S/C13H20ClN/c1-13(2,3)9-12(15-4)10-6-5-7-11(14)8-10/h5-8,12,15H,9H2,1-4H3. The third kappa shape index (κ3) is 4.23. The summed E-state index contributed by atoms with van der Waals surface area (Å²) in [5.74, 6) is 0. The Morgan fingerprint density at radius 2 is 2.00 bits per heavy atom. The minimum Gasteiger partial charge on any atom is -0.313 e. The van der Waals surface area contributed by atoms with Crippen molar-refractivity contribution in [3.63, 3.8) is 0 Å². The van der Waals surface area contributed by atoms with Crippen LogP contribution < -0.4 is 5.32 Å². The molecule has 1 aromatic rings. The highest BCUT2D eigenvalue weighted by molar-refractivity contribution is 6.30. The smallest absolute Gasteiger partial charge is 0.0409 e. The van der Waals surface area contributed by atoms with Crippen molar-refractivity contribution in [1.29, 1.82) is 0 Å². The van der Waals surface area contributed by atoms with E-state index in [1.165, 1.54) is 5.56 Å². The fourth-order valence-corrected chi connectivity index (χ4v) is 1.92. The maximum Gasteiger partial charge on any atom is 0.0409 e. The van der Waals surface area contributed by atoms with E-state index in [-0.39, 0.29) is 0 Å². The zero-order valence-corrected chi connectivity index (χ0v) is 10.7. The molecule has 84 valence electrons. The monoisotopic (exact) mass is 225 g/mol. The second-order valence-electron chi connectivity index (χ2n) is 5.16. The molecule has 0 aliphatic heterocycles. The average molecular weight is 226 g/mol. The van der Waals surface area contributed by atoms with E-state index in [2.05, 4.69) is 32.2 Å². The number of nitrogens with one attached hydrogen (secondary N) is 1. The highest BCUT2D eigenvalue weighted by atomic mass is 35.5. The fraction of sp³-hybridized carbons (Fsp3) is 0.538. The van der Waals surface area contributed by atoms with Crippen LogP contribution in [0.15, 0.2) is 24.3 Å². The lowest BCUT2D eigenvalue weighted by Crippen LogP contribution is -2.22. The molecule has 0 spiro atoms. The van der Waals surface area contributed by atoms with Crippen LogP contribution in [0.5, 0.6) is 0 Å². The lowest BCUT2D eigenvalue weighted by Gasteiger charge is -2.26. The predicted molar refractivity (Wildman–Crippen MR) is 67.3 cm³/mol. The van der Waals surface area contributed by atoms with E-state index in [4.69, 9.17) is 11.6 Å². The average Bonchev–Trinajstić information content (AvgIpc) is 2.13. The normalized spacial score (nSPS) is 13.9. The third-order valence-corrected chi connectivity index (χ3v) is 2.65. The van der Waals surface area contributed by atoms with Crippen molar-refractivity contribution in [1.82, 2.24) is 5.32 Å². The van der Waals surface area contributed by atoms with E-state index >= 15 is 0 Å². The molecular formula is C13H20ClN. The summed E-state index contributed by atoms with van der Waals surface area (Å²) in [6, 6.07) is 8.45. The van der Waals surface area contributed by atoms with Gasteiger partial charge in [0.2, 0.25) is 0 Å². The molecule has 1 nitrogen and oxygen atoms in total. The van der Waals surface area contributed by atoms with Gasteiger partial charge < -0.3 is 5.32 Å². The molecule has 0 heterocycles. The van der Waals surface area contributed by atoms with Gasteiger partial charge in [-0.3, -0.25) is 0 Å². The molecular weight excluding hydrogens is 206 g/mol. The molecule has 1 rings (SSSR count). The second kappa shape index (κ2) is 5.00. The van der Waals surface area contributed by atoms with Crippen molar-refractivity contribution < 1.29 is 0 Å². The largest absolute Gasteiger partial charge is 0.313 e. The van der Waals surface area contributed by atoms with Crippen LogP contribution in [0.1, 0.15) is 38.8 Å². The van der Waals surface area contributed by atoms with E-state index in [0.717, 1.165) is 11.4 Å². The Balaban J connectivity index is 2.83. The summed E-state index contributed by atoms with van der Waals surface area (Å²) in [5.41, 5.74) is 1.58. The first-order valence-electron chi connectivity index (χ1n) is 5.35. The number of hydrogen-bond donors (Lipinski definition) is 1. The van der Waals surface area contributed by atoms with Crippen molar-refractivity contribution >= 4 is 11.6 Å². The Kier molecular flexibility index (Phi) is 4.18. The zero-order chi connectivity index (χ0) is 11.5. The first-order chi connectivity index (χ1) is 6.92. The quantitative estimate of drug-likeness (QED) is 0.819. The maximum absolute atomic E-state index is 5.99. The van der Waals surface area contributed by atoms with Crippen LogP contribution in [0.2, 0.25) is 5.02 Å². The molecule has 0 aromatic heterocycles. The lowest BCUT2D eigenvalue weighted by molar-refractivity contribution is 0.321. The SMILES string of the molecule is CNC(CC(C)(C)C)c1cccc(Cl)c1. The van der Waals surface area contributed by atoms with Gasteiger partial charge in [0.25, 0.3) is 0 Å². The van der Waals surface area contributed by atoms with Crippen LogP contribution in [-0.2, 0) is 0 Å². The van der Waals surface area contributed by atoms with Gasteiger partial charge in [-0.05, 0) is 36.6 Å². The molecule has 2 heteroatoms. The van der Waals surface area contributed by atoms with Gasteiger partial charge in [-0.1, -0.05) is 44.5 Å². The van der Waals surface area contributed by atoms with Crippen LogP contribution in [0.25, 0.3) is 0 Å². The number of halogens is 1. The first-order valence-corrected chi connectivity index (χ1v) is 5.73. The highest BCUT2D eigenvalue weighted by Crippen LogP contribution is 2.29. The van der Waals surface area contributed by atoms with Crippen LogP contribution >= 0.6 is 11.6 Å². The van der Waals surface area contributed by atoms with Crippen molar-refractivity contribution in [3.05, 3.63) is 34.9 Å². The summed E-state index contributed by atoms with van der Waals surface area (Å²) in [5, 5.41) is 4.15. The molecule has 0 amide bonds. The number of rotatable bonds is 3. The topological polar surface area (TPSA) is 12.0 Å². The van der Waals surface area contributed by atoms with Gasteiger partial charge in [0.1, 0.15) is 0 Å². The van der Waals surface area contributed by atoms with Gasteiger partial charge in [-0.2, -0.15) is 0 Å². The van der Waals surface area contributed by atoms with Gasteiger partial charge in [0, 0.05) is 11.1 Å². The lowest BCUT2D eigenvalue weighted by atomic mass is 9.85. The van der Waals surface area contributed by atoms with Gasteiger partial charge in [0.05, 0.1) is 0 Å². The van der Waals surface area contributed by atoms with Crippen molar-refractivity contribution in [2.24, 2.45) is 5.41 Å². The molecule has 0 aliphatic rings. The van der Waals surface area contributed by atoms with Crippen molar-refractivity contribution in [2.75, 3.05) is 7.05 Å². The highest BCUT2D eigenvalue weighted by Gasteiger charge is 2.18. The molecule has 0 radical (unpaired) electrons. The van der Waals surface area contributed by atoms with E-state index in [1.54, 1.807) is 0 Å². The molecule has 1 N–H and O–H groups in total. The summed E-state index contributed by atoms with van der Waals surface area (Å²) in [7, 11) is 2.00. The Morgan fingerprint density at radius 3 is 2.47 bits per heavy atom. The summed E-state index contributed by atoms with van der Waals surface area (Å²) in [6.45, 7) is 6.76. The second-order valence-corrected chi connectivity index (χ2v) is 5.60. The number of benzene rings is 1. The molecule has 1 unspecified atom stereocenters. The summed E-state index contributed by atoms with van der Waals surface area (Å²) < 4.78 is 0. The molecule has 1 atom stereocenters. The van der Waals surface area contributed by atoms with E-state index in [0.29, 0.717) is 11.5 Å². The summed E-state index contributed by atoms with van der Waals surface area (Å²) in [4.78, 5) is 0. The number of hydrogen-bond acceptors (Lipinski definition) is 1. The maximum atomic E-state index is 5.99. The molecule has 1 aromatic carbocycles. The fourth-order valence-electron chi connectivity index (χ4n) is 1.72. The van der Waals surface area contributed by atoms with Crippen LogP contribution in [0.3, 0.4) is 0 Å². The minimum absolute atomic E-state index is 0.315. The van der Waals surface area contributed by atoms with Crippen molar-refractivity contribution in [2.45, 2.75) is 33.2 Å². The van der Waals surface area contributed by atoms with Gasteiger partial charge in [-0.25, -0.2) is 0 Å². The Hall–Kier alpha value is -0.530. The van der Waals surface area contributed by atoms with Gasteiger partial charge in [0.15, 0.2) is 0 Å². The molecule has 0 bridgehead atoms.